The second-order valence-corrected chi connectivity index (χ2v) is 10.1. The van der Waals surface area contributed by atoms with Crippen molar-refractivity contribution >= 4 is 21.8 Å². The molecule has 0 spiro atoms. The summed E-state index contributed by atoms with van der Waals surface area (Å²) in [5, 5.41) is 3.73. The van der Waals surface area contributed by atoms with Gasteiger partial charge in [-0.15, -0.1) is 0 Å². The Balaban J connectivity index is 1.34. The Kier molecular flexibility index (Phi) is 6.75. The lowest BCUT2D eigenvalue weighted by atomic mass is 9.99. The van der Waals surface area contributed by atoms with E-state index in [9.17, 15) is 18.0 Å². The molecule has 1 fully saturated rings. The zero-order valence-corrected chi connectivity index (χ0v) is 19.6. The Bertz CT molecular complexity index is 1290. The average molecular weight is 484 g/mol. The Morgan fingerprint density at radius 1 is 1.03 bits per heavy atom. The quantitative estimate of drug-likeness (QED) is 0.531. The third kappa shape index (κ3) is 5.15. The van der Waals surface area contributed by atoms with Gasteiger partial charge in [0.15, 0.2) is 5.82 Å². The zero-order valence-electron chi connectivity index (χ0n) is 18.8. The van der Waals surface area contributed by atoms with E-state index < -0.39 is 27.8 Å². The van der Waals surface area contributed by atoms with Crippen LogP contribution in [0, 0.1) is 19.8 Å². The molecule has 0 aliphatic carbocycles. The summed E-state index contributed by atoms with van der Waals surface area (Å²) in [5.41, 5.74) is 6.77. The van der Waals surface area contributed by atoms with E-state index in [0.29, 0.717) is 42.2 Å². The SMILES string of the molecule is Cc1ccc(S(=O)(=O)N2CCC[C@@H](C(=O)NNC(=O)c3ccc(-c4nc(C)no4)cc3)C2)cc1. The molecule has 2 amide bonds. The fraction of sp³-hybridized carbons (Fsp3) is 0.304. The van der Waals surface area contributed by atoms with E-state index in [1.807, 2.05) is 6.92 Å². The summed E-state index contributed by atoms with van der Waals surface area (Å²) in [4.78, 5) is 29.4. The molecule has 11 heteroatoms. The molecule has 0 unspecified atom stereocenters. The van der Waals surface area contributed by atoms with Gasteiger partial charge in [0.1, 0.15) is 0 Å². The molecule has 10 nitrogen and oxygen atoms in total. The van der Waals surface area contributed by atoms with E-state index >= 15 is 0 Å². The first-order valence-corrected chi connectivity index (χ1v) is 12.3. The predicted octanol–water partition coefficient (Wildman–Crippen LogP) is 2.22. The van der Waals surface area contributed by atoms with Gasteiger partial charge in [-0.3, -0.25) is 20.4 Å². The van der Waals surface area contributed by atoms with Gasteiger partial charge >= 0.3 is 0 Å². The van der Waals surface area contributed by atoms with Crippen LogP contribution < -0.4 is 10.9 Å². The maximum Gasteiger partial charge on any atom is 0.269 e. The molecular weight excluding hydrogens is 458 g/mol. The molecule has 4 rings (SSSR count). The molecule has 1 atom stereocenters. The van der Waals surface area contributed by atoms with Crippen molar-refractivity contribution in [2.45, 2.75) is 31.6 Å². The van der Waals surface area contributed by atoms with Crippen molar-refractivity contribution in [3.63, 3.8) is 0 Å². The third-order valence-corrected chi connectivity index (χ3v) is 7.51. The number of carbonyl (C=O) groups is 2. The topological polar surface area (TPSA) is 134 Å². The molecule has 0 radical (unpaired) electrons. The number of aryl methyl sites for hydroxylation is 2. The Morgan fingerprint density at radius 2 is 1.74 bits per heavy atom. The monoisotopic (exact) mass is 483 g/mol. The van der Waals surface area contributed by atoms with Crippen LogP contribution in [0.4, 0.5) is 0 Å². The molecule has 1 aromatic heterocycles. The number of rotatable bonds is 5. The number of hydrogen-bond donors (Lipinski definition) is 2. The Labute approximate surface area is 197 Å². The molecule has 1 aliphatic rings. The van der Waals surface area contributed by atoms with Crippen LogP contribution in [-0.4, -0.2) is 47.8 Å². The minimum absolute atomic E-state index is 0.0518. The van der Waals surface area contributed by atoms with Gasteiger partial charge in [0.25, 0.3) is 11.8 Å². The second-order valence-electron chi connectivity index (χ2n) is 8.18. The number of hydrazine groups is 1. The average Bonchev–Trinajstić information content (AvgIpc) is 3.29. The third-order valence-electron chi connectivity index (χ3n) is 5.63. The van der Waals surface area contributed by atoms with E-state index in [4.69, 9.17) is 4.52 Å². The lowest BCUT2D eigenvalue weighted by Crippen LogP contribution is -2.50. The number of nitrogens with one attached hydrogen (secondary N) is 2. The minimum Gasteiger partial charge on any atom is -0.334 e. The Hall–Kier alpha value is -3.57. The molecule has 0 saturated carbocycles. The van der Waals surface area contributed by atoms with Crippen molar-refractivity contribution in [3.05, 3.63) is 65.5 Å². The second kappa shape index (κ2) is 9.74. The summed E-state index contributed by atoms with van der Waals surface area (Å²) < 4.78 is 32.3. The number of nitrogens with zero attached hydrogens (tertiary/aromatic N) is 3. The van der Waals surface area contributed by atoms with Crippen LogP contribution in [0.1, 0.15) is 34.6 Å². The molecule has 1 aliphatic heterocycles. The van der Waals surface area contributed by atoms with Crippen LogP contribution in [0.25, 0.3) is 11.5 Å². The first-order valence-electron chi connectivity index (χ1n) is 10.8. The van der Waals surface area contributed by atoms with Crippen LogP contribution >= 0.6 is 0 Å². The van der Waals surface area contributed by atoms with Gasteiger partial charge in [-0.2, -0.15) is 9.29 Å². The molecule has 3 aromatic rings. The number of aromatic nitrogens is 2. The van der Waals surface area contributed by atoms with Crippen LogP contribution in [0.5, 0.6) is 0 Å². The van der Waals surface area contributed by atoms with Gasteiger partial charge < -0.3 is 4.52 Å². The highest BCUT2D eigenvalue weighted by Gasteiger charge is 2.33. The van der Waals surface area contributed by atoms with Gasteiger partial charge in [-0.05, 0) is 63.1 Å². The standard InChI is InChI=1S/C23H25N5O5S/c1-15-5-11-20(12-6-15)34(31,32)28-13-3-4-19(14-28)22(30)26-25-21(29)17-7-9-18(10-8-17)23-24-16(2)27-33-23/h5-12,19H,3-4,13-14H2,1-2H3,(H,25,29)(H,26,30)/t19-/m1/s1. The van der Waals surface area contributed by atoms with Crippen molar-refractivity contribution < 1.29 is 22.5 Å². The summed E-state index contributed by atoms with van der Waals surface area (Å²) in [5.74, 6) is -0.651. The smallest absolute Gasteiger partial charge is 0.269 e. The van der Waals surface area contributed by atoms with Crippen molar-refractivity contribution in [2.24, 2.45) is 5.92 Å². The van der Waals surface area contributed by atoms with Gasteiger partial charge in [0.05, 0.1) is 10.8 Å². The number of carbonyl (C=O) groups excluding carboxylic acids is 2. The van der Waals surface area contributed by atoms with Gasteiger partial charge in [0.2, 0.25) is 15.9 Å². The maximum absolute atomic E-state index is 13.0. The zero-order chi connectivity index (χ0) is 24.3. The lowest BCUT2D eigenvalue weighted by molar-refractivity contribution is -0.126. The van der Waals surface area contributed by atoms with Crippen molar-refractivity contribution in [1.82, 2.24) is 25.3 Å². The van der Waals surface area contributed by atoms with Crippen LogP contribution in [0.3, 0.4) is 0 Å². The minimum atomic E-state index is -3.70. The van der Waals surface area contributed by atoms with E-state index in [-0.39, 0.29) is 11.4 Å². The number of sulfonamides is 1. The highest BCUT2D eigenvalue weighted by molar-refractivity contribution is 7.89. The molecule has 178 valence electrons. The van der Waals surface area contributed by atoms with Crippen LogP contribution in [0.15, 0.2) is 57.9 Å². The first-order chi connectivity index (χ1) is 16.2. The molecule has 1 saturated heterocycles. The summed E-state index contributed by atoms with van der Waals surface area (Å²) >= 11 is 0. The van der Waals surface area contributed by atoms with Gasteiger partial charge in [-0.1, -0.05) is 22.9 Å². The first kappa shape index (κ1) is 23.6. The van der Waals surface area contributed by atoms with Gasteiger partial charge in [-0.25, -0.2) is 8.42 Å². The van der Waals surface area contributed by atoms with E-state index in [0.717, 1.165) is 5.56 Å². The van der Waals surface area contributed by atoms with Gasteiger partial charge in [0, 0.05) is 24.2 Å². The van der Waals surface area contributed by atoms with Crippen molar-refractivity contribution in [1.29, 1.82) is 0 Å². The fourth-order valence-corrected chi connectivity index (χ4v) is 5.23. The lowest BCUT2D eigenvalue weighted by Gasteiger charge is -2.31. The number of piperidine rings is 1. The summed E-state index contributed by atoms with van der Waals surface area (Å²) in [7, 11) is -3.70. The number of hydrogen-bond acceptors (Lipinski definition) is 7. The molecule has 2 aromatic carbocycles. The normalized spacial score (nSPS) is 16.7. The number of amides is 2. The molecule has 2 heterocycles. The molecule has 34 heavy (non-hydrogen) atoms. The maximum atomic E-state index is 13.0. The fourth-order valence-electron chi connectivity index (χ4n) is 3.71. The van der Waals surface area contributed by atoms with Crippen molar-refractivity contribution in [3.8, 4) is 11.5 Å². The van der Waals surface area contributed by atoms with Crippen molar-refractivity contribution in [2.75, 3.05) is 13.1 Å². The molecule has 2 N–H and O–H groups in total. The molecular formula is C23H25N5O5S. The van der Waals surface area contributed by atoms with Crippen LogP contribution in [0.2, 0.25) is 0 Å². The summed E-state index contributed by atoms with van der Waals surface area (Å²) in [6.07, 6.45) is 1.08. The Morgan fingerprint density at radius 3 is 2.38 bits per heavy atom. The number of benzene rings is 2. The summed E-state index contributed by atoms with van der Waals surface area (Å²) in [6.45, 7) is 3.99. The van der Waals surface area contributed by atoms with E-state index in [2.05, 4.69) is 21.0 Å². The largest absolute Gasteiger partial charge is 0.334 e. The van der Waals surface area contributed by atoms with E-state index in [1.165, 1.54) is 4.31 Å². The highest BCUT2D eigenvalue weighted by Crippen LogP contribution is 2.24. The van der Waals surface area contributed by atoms with E-state index in [1.54, 1.807) is 55.5 Å². The predicted molar refractivity (Wildman–Crippen MR) is 123 cm³/mol. The van der Waals surface area contributed by atoms with Crippen LogP contribution in [-0.2, 0) is 14.8 Å². The highest BCUT2D eigenvalue weighted by atomic mass is 32.2. The summed E-state index contributed by atoms with van der Waals surface area (Å²) in [6, 6.07) is 13.1. The molecule has 0 bridgehead atoms.